The normalized spacial score (nSPS) is 27.4. The number of aliphatic hydroxyl groups is 3. The minimum absolute atomic E-state index is 0.0104. The van der Waals surface area contributed by atoms with Crippen molar-refractivity contribution in [2.45, 2.75) is 114 Å². The zero-order valence-corrected chi connectivity index (χ0v) is 34.9. The molecule has 4 aromatic rings. The van der Waals surface area contributed by atoms with Gasteiger partial charge >= 0.3 is 0 Å². The Hall–Kier alpha value is -2.83. The molecule has 0 aromatic heterocycles. The van der Waals surface area contributed by atoms with Crippen LogP contribution in [0.3, 0.4) is 0 Å². The van der Waals surface area contributed by atoms with Gasteiger partial charge in [0.25, 0.3) is 0 Å². The van der Waals surface area contributed by atoms with E-state index >= 15 is 0 Å². The first kappa shape index (κ1) is 44.7. The number of hydrogen-bond acceptors (Lipinski definition) is 11. The maximum atomic E-state index is 12.0. The highest BCUT2D eigenvalue weighted by atomic mass is 127. The molecule has 314 valence electrons. The van der Waals surface area contributed by atoms with Crippen molar-refractivity contribution in [3.05, 3.63) is 144 Å². The highest BCUT2D eigenvalue weighted by Gasteiger charge is 2.52. The molecule has 0 saturated carbocycles. The topological polar surface area (TPSA) is 135 Å². The van der Waals surface area contributed by atoms with E-state index in [1.807, 2.05) is 121 Å². The molecule has 6 unspecified atom stereocenters. The van der Waals surface area contributed by atoms with Crippen LogP contribution in [0.2, 0.25) is 0 Å². The molecule has 10 atom stereocenters. The summed E-state index contributed by atoms with van der Waals surface area (Å²) in [6.45, 7) is 1.33. The lowest BCUT2D eigenvalue weighted by atomic mass is 9.96. The van der Waals surface area contributed by atoms with Crippen LogP contribution < -0.4 is 0 Å². The summed E-state index contributed by atoms with van der Waals surface area (Å²) in [4.78, 5) is 0. The Labute approximate surface area is 355 Å². The van der Waals surface area contributed by atoms with Gasteiger partial charge in [-0.15, -0.1) is 0 Å². The van der Waals surface area contributed by atoms with Crippen molar-refractivity contribution < 1.29 is 53.2 Å². The van der Waals surface area contributed by atoms with Gasteiger partial charge in [-0.1, -0.05) is 157 Å². The molecule has 0 amide bonds. The smallest absolute Gasteiger partial charge is 0.187 e. The van der Waals surface area contributed by atoms with E-state index in [1.165, 1.54) is 0 Å². The third kappa shape index (κ3) is 13.6. The second kappa shape index (κ2) is 24.4. The first-order chi connectivity index (χ1) is 28.5. The number of ether oxygens (including phenoxy) is 8. The SMILES string of the molecule is OC1C(OCc2ccccc2)[C@H](O)C(COCc2ccccc2)O[C@H]1OC1C(OCc2ccccc2)[C@H](O)C(COCc2ccccc2)O[C@H]1OCCCCCCI. The van der Waals surface area contributed by atoms with Crippen molar-refractivity contribution in [2.24, 2.45) is 0 Å². The van der Waals surface area contributed by atoms with Crippen LogP contribution in [0.4, 0.5) is 0 Å². The molecule has 58 heavy (non-hydrogen) atoms. The summed E-state index contributed by atoms with van der Waals surface area (Å²) >= 11 is 2.39. The maximum absolute atomic E-state index is 12.0. The van der Waals surface area contributed by atoms with Gasteiger partial charge in [-0.25, -0.2) is 0 Å². The van der Waals surface area contributed by atoms with Crippen LogP contribution in [-0.4, -0.2) is 101 Å². The van der Waals surface area contributed by atoms with Gasteiger partial charge in [-0.3, -0.25) is 0 Å². The highest BCUT2D eigenvalue weighted by molar-refractivity contribution is 14.1. The summed E-state index contributed by atoms with van der Waals surface area (Å²) in [5, 5.41) is 35.4. The van der Waals surface area contributed by atoms with E-state index < -0.39 is 61.4 Å². The van der Waals surface area contributed by atoms with Crippen molar-refractivity contribution in [2.75, 3.05) is 24.2 Å². The molecule has 2 fully saturated rings. The molecule has 2 saturated heterocycles. The van der Waals surface area contributed by atoms with Gasteiger partial charge < -0.3 is 53.2 Å². The van der Waals surface area contributed by atoms with Gasteiger partial charge in [0, 0.05) is 6.61 Å². The van der Waals surface area contributed by atoms with Gasteiger partial charge in [0.15, 0.2) is 12.6 Å². The predicted molar refractivity (Wildman–Crippen MR) is 226 cm³/mol. The minimum Gasteiger partial charge on any atom is -0.387 e. The molecule has 2 aliphatic heterocycles. The van der Waals surface area contributed by atoms with Crippen molar-refractivity contribution in [1.82, 2.24) is 0 Å². The van der Waals surface area contributed by atoms with E-state index in [-0.39, 0.29) is 33.0 Å². The van der Waals surface area contributed by atoms with Crippen LogP contribution >= 0.6 is 22.6 Å². The van der Waals surface area contributed by atoms with E-state index in [0.717, 1.165) is 52.4 Å². The van der Waals surface area contributed by atoms with E-state index in [9.17, 15) is 15.3 Å². The predicted octanol–water partition coefficient (Wildman–Crippen LogP) is 6.52. The summed E-state index contributed by atoms with van der Waals surface area (Å²) in [5.41, 5.74) is 3.71. The molecule has 6 rings (SSSR count). The average molecular weight is 913 g/mol. The fraction of sp³-hybridized carbons (Fsp3) is 0.478. The molecule has 11 nitrogen and oxygen atoms in total. The lowest BCUT2D eigenvalue weighted by Crippen LogP contribution is -2.65. The molecular formula is C46H57IO11. The van der Waals surface area contributed by atoms with Crippen molar-refractivity contribution >= 4 is 22.6 Å². The Morgan fingerprint density at radius 1 is 0.448 bits per heavy atom. The Kier molecular flexibility index (Phi) is 18.8. The summed E-state index contributed by atoms with van der Waals surface area (Å²) in [5.74, 6) is 0. The van der Waals surface area contributed by atoms with Crippen LogP contribution in [0.1, 0.15) is 47.9 Å². The Morgan fingerprint density at radius 3 is 1.38 bits per heavy atom. The minimum atomic E-state index is -1.45. The Balaban J connectivity index is 1.24. The van der Waals surface area contributed by atoms with E-state index in [2.05, 4.69) is 22.6 Å². The molecule has 12 heteroatoms. The number of unbranched alkanes of at least 4 members (excludes halogenated alkanes) is 3. The van der Waals surface area contributed by atoms with Gasteiger partial charge in [-0.05, 0) is 39.5 Å². The molecular weight excluding hydrogens is 855 g/mol. The first-order valence-corrected chi connectivity index (χ1v) is 21.7. The van der Waals surface area contributed by atoms with Crippen LogP contribution in [-0.2, 0) is 64.3 Å². The standard InChI is InChI=1S/C46H57IO11/c47-25-15-1-2-16-26-53-46-44(43(55-30-36-23-13-6-14-24-36)40(49)38(57-46)32-52-28-34-19-9-4-10-20-34)58-45-41(50)42(54-29-35-21-11-5-12-22-35)39(48)37(56-45)31-51-27-33-17-7-3-8-18-33/h3-14,17-24,37-46,48-50H,1-2,15-16,25-32H2/t37?,38?,39-,40-,41?,42?,43?,44?,45+,46-/m1/s1. The van der Waals surface area contributed by atoms with Crippen LogP contribution in [0.25, 0.3) is 0 Å². The molecule has 0 spiro atoms. The first-order valence-electron chi connectivity index (χ1n) is 20.2. The summed E-state index contributed by atoms with van der Waals surface area (Å²) in [6, 6.07) is 38.6. The zero-order chi connectivity index (χ0) is 40.4. The third-order valence-electron chi connectivity index (χ3n) is 10.2. The average Bonchev–Trinajstić information content (AvgIpc) is 3.26. The molecule has 0 aliphatic carbocycles. The number of alkyl halides is 1. The molecule has 2 heterocycles. The molecule has 0 bridgehead atoms. The summed E-state index contributed by atoms with van der Waals surface area (Å²) in [6.07, 6.45) is -7.26. The van der Waals surface area contributed by atoms with E-state index in [4.69, 9.17) is 37.9 Å². The monoisotopic (exact) mass is 912 g/mol. The molecule has 0 radical (unpaired) electrons. The molecule has 3 N–H and O–H groups in total. The number of benzene rings is 4. The van der Waals surface area contributed by atoms with Crippen molar-refractivity contribution in [3.8, 4) is 0 Å². The maximum Gasteiger partial charge on any atom is 0.187 e. The Morgan fingerprint density at radius 2 is 0.879 bits per heavy atom. The van der Waals surface area contributed by atoms with Crippen LogP contribution in [0, 0.1) is 0 Å². The quantitative estimate of drug-likeness (QED) is 0.0427. The van der Waals surface area contributed by atoms with Crippen LogP contribution in [0.15, 0.2) is 121 Å². The highest BCUT2D eigenvalue weighted by Crippen LogP contribution is 2.33. The van der Waals surface area contributed by atoms with E-state index in [1.54, 1.807) is 0 Å². The fourth-order valence-electron chi connectivity index (χ4n) is 7.02. The zero-order valence-electron chi connectivity index (χ0n) is 32.8. The summed E-state index contributed by atoms with van der Waals surface area (Å²) in [7, 11) is 0. The van der Waals surface area contributed by atoms with Gasteiger partial charge in [0.1, 0.15) is 48.8 Å². The third-order valence-corrected chi connectivity index (χ3v) is 11.0. The van der Waals surface area contributed by atoms with Crippen LogP contribution in [0.5, 0.6) is 0 Å². The second-order valence-corrected chi connectivity index (χ2v) is 15.7. The van der Waals surface area contributed by atoms with E-state index in [0.29, 0.717) is 13.2 Å². The summed E-state index contributed by atoms with van der Waals surface area (Å²) < 4.78 is 51.9. The van der Waals surface area contributed by atoms with Gasteiger partial charge in [0.2, 0.25) is 0 Å². The molecule has 2 aliphatic rings. The van der Waals surface area contributed by atoms with Gasteiger partial charge in [0.05, 0.1) is 39.6 Å². The van der Waals surface area contributed by atoms with Gasteiger partial charge in [-0.2, -0.15) is 0 Å². The lowest BCUT2D eigenvalue weighted by Gasteiger charge is -2.48. The largest absolute Gasteiger partial charge is 0.387 e. The number of hydrogen-bond donors (Lipinski definition) is 3. The number of halogens is 1. The fourth-order valence-corrected chi connectivity index (χ4v) is 7.56. The number of aliphatic hydroxyl groups excluding tert-OH is 3. The second-order valence-electron chi connectivity index (χ2n) is 14.7. The van der Waals surface area contributed by atoms with Crippen molar-refractivity contribution in [3.63, 3.8) is 0 Å². The van der Waals surface area contributed by atoms with Crippen molar-refractivity contribution in [1.29, 1.82) is 0 Å². The Bertz CT molecular complexity index is 1670. The number of rotatable bonds is 23. The molecule has 4 aromatic carbocycles. The lowest BCUT2D eigenvalue weighted by molar-refractivity contribution is -0.374.